The van der Waals surface area contributed by atoms with Crippen LogP contribution in [0, 0.1) is 5.92 Å². The van der Waals surface area contributed by atoms with E-state index in [0.29, 0.717) is 6.07 Å². The van der Waals surface area contributed by atoms with Gasteiger partial charge in [-0.1, -0.05) is 24.3 Å². The van der Waals surface area contributed by atoms with Gasteiger partial charge in [0.2, 0.25) is 0 Å². The van der Waals surface area contributed by atoms with Crippen molar-refractivity contribution in [3.8, 4) is 0 Å². The summed E-state index contributed by atoms with van der Waals surface area (Å²) in [6, 6.07) is 8.25. The lowest BCUT2D eigenvalue weighted by atomic mass is 9.89. The Morgan fingerprint density at radius 2 is 1.15 bits per heavy atom. The van der Waals surface area contributed by atoms with Crippen molar-refractivity contribution in [2.24, 2.45) is 5.92 Å². The molecule has 1 atom stereocenters. The molecule has 0 fully saturated rings. The van der Waals surface area contributed by atoms with E-state index in [0.717, 1.165) is 19.2 Å². The summed E-state index contributed by atoms with van der Waals surface area (Å²) in [5, 5.41) is 17.4. The lowest BCUT2D eigenvalue weighted by molar-refractivity contribution is 0.0610. The first-order valence-electron chi connectivity index (χ1n) is 7.82. The zero-order valence-electron chi connectivity index (χ0n) is 14.1. The second-order valence-corrected chi connectivity index (χ2v) is 5.73. The Hall–Kier alpha value is -2.58. The molecular weight excluding hydrogens is 368 g/mol. The average Bonchev–Trinajstić information content (AvgIpc) is 2.93. The molecule has 1 aliphatic carbocycles. The minimum atomic E-state index is -3.03. The number of hydrogen-bond acceptors (Lipinski definition) is 4. The number of rotatable bonds is 4. The van der Waals surface area contributed by atoms with Gasteiger partial charge in [0.25, 0.3) is 12.9 Å². The molecule has 2 N–H and O–H groups in total. The average molecular weight is 384 g/mol. The second-order valence-electron chi connectivity index (χ2n) is 5.73. The number of carbonyl (C=O) groups excluding carboxylic acids is 2. The van der Waals surface area contributed by atoms with Gasteiger partial charge in [-0.15, -0.1) is 0 Å². The normalized spacial score (nSPS) is 15.0. The smallest absolute Gasteiger partial charge is 0.263 e. The van der Waals surface area contributed by atoms with Crippen LogP contribution in [0.25, 0.3) is 0 Å². The predicted molar refractivity (Wildman–Crippen MR) is 88.1 cm³/mol. The molecule has 2 aromatic rings. The van der Waals surface area contributed by atoms with E-state index < -0.39 is 47.6 Å². The molecule has 8 heteroatoms. The molecule has 0 saturated heterocycles. The van der Waals surface area contributed by atoms with Crippen LogP contribution in [0.2, 0.25) is 0 Å². The van der Waals surface area contributed by atoms with Crippen molar-refractivity contribution in [3.05, 3.63) is 70.3 Å². The molecule has 4 nitrogen and oxygen atoms in total. The minimum absolute atomic E-state index is 0.121. The Balaban J connectivity index is 0.00000126. The van der Waals surface area contributed by atoms with Gasteiger partial charge in [-0.3, -0.25) is 9.59 Å². The molecular formula is C19H16F4O4. The lowest BCUT2D eigenvalue weighted by Crippen LogP contribution is -2.24. The number of carbonyl (C=O) groups is 2. The standard InChI is InChI=1S/C18H12F4O3.CH4O/c19-17(20)9-5-8(6-10(7-9)18(21)22)14(23)13-15(24)11-3-1-2-4-12(11)16(13)25;1-2/h1-7,13-14,17-18,23H;2H,1H3. The van der Waals surface area contributed by atoms with E-state index >= 15 is 0 Å². The topological polar surface area (TPSA) is 74.6 Å². The molecule has 144 valence electrons. The maximum absolute atomic E-state index is 12.9. The van der Waals surface area contributed by atoms with Crippen LogP contribution in [0.4, 0.5) is 17.6 Å². The van der Waals surface area contributed by atoms with Crippen LogP contribution >= 0.6 is 0 Å². The molecule has 0 saturated carbocycles. The molecule has 1 unspecified atom stereocenters. The van der Waals surface area contributed by atoms with E-state index in [-0.39, 0.29) is 16.7 Å². The predicted octanol–water partition coefficient (Wildman–Crippen LogP) is 3.90. The molecule has 3 rings (SSSR count). The Bertz CT molecular complexity index is 790. The third kappa shape index (κ3) is 3.91. The number of aliphatic hydroxyl groups excluding tert-OH is 2. The minimum Gasteiger partial charge on any atom is -0.400 e. The number of alkyl halides is 4. The largest absolute Gasteiger partial charge is 0.400 e. The Kier molecular flexibility index (Phi) is 6.45. The first-order chi connectivity index (χ1) is 12.8. The van der Waals surface area contributed by atoms with Crippen molar-refractivity contribution in [3.63, 3.8) is 0 Å². The number of halogens is 4. The number of benzene rings is 2. The van der Waals surface area contributed by atoms with Crippen LogP contribution in [-0.2, 0) is 0 Å². The molecule has 0 aliphatic heterocycles. The summed E-state index contributed by atoms with van der Waals surface area (Å²) in [6.07, 6.45) is -7.85. The Morgan fingerprint density at radius 3 is 1.52 bits per heavy atom. The van der Waals surface area contributed by atoms with Gasteiger partial charge in [0.15, 0.2) is 11.6 Å². The van der Waals surface area contributed by atoms with E-state index in [4.69, 9.17) is 5.11 Å². The number of fused-ring (bicyclic) bond motifs is 1. The van der Waals surface area contributed by atoms with Gasteiger partial charge in [0, 0.05) is 29.4 Å². The number of aliphatic hydroxyl groups is 2. The summed E-state index contributed by atoms with van der Waals surface area (Å²) in [5.41, 5.74) is -1.48. The third-order valence-electron chi connectivity index (χ3n) is 4.18. The molecule has 1 aliphatic rings. The zero-order valence-corrected chi connectivity index (χ0v) is 14.1. The molecule has 2 aromatic carbocycles. The Morgan fingerprint density at radius 1 is 0.778 bits per heavy atom. The van der Waals surface area contributed by atoms with Crippen LogP contribution in [0.1, 0.15) is 56.4 Å². The van der Waals surface area contributed by atoms with Gasteiger partial charge in [0.1, 0.15) is 5.92 Å². The summed E-state index contributed by atoms with van der Waals surface area (Å²) in [5.74, 6) is -2.85. The maximum atomic E-state index is 12.9. The molecule has 0 aromatic heterocycles. The van der Waals surface area contributed by atoms with Gasteiger partial charge >= 0.3 is 0 Å². The molecule has 0 spiro atoms. The highest BCUT2D eigenvalue weighted by Gasteiger charge is 2.43. The van der Waals surface area contributed by atoms with Crippen LogP contribution in [0.15, 0.2) is 42.5 Å². The quantitative estimate of drug-likeness (QED) is 0.619. The van der Waals surface area contributed by atoms with Gasteiger partial charge in [-0.25, -0.2) is 17.6 Å². The van der Waals surface area contributed by atoms with Crippen LogP contribution in [-0.4, -0.2) is 28.9 Å². The number of ketones is 2. The highest BCUT2D eigenvalue weighted by atomic mass is 19.3. The highest BCUT2D eigenvalue weighted by molar-refractivity contribution is 6.26. The summed E-state index contributed by atoms with van der Waals surface area (Å²) in [7, 11) is 1.00. The third-order valence-corrected chi connectivity index (χ3v) is 4.18. The van der Waals surface area contributed by atoms with E-state index in [2.05, 4.69) is 0 Å². The van der Waals surface area contributed by atoms with E-state index in [1.807, 2.05) is 0 Å². The Labute approximate surface area is 152 Å². The number of hydrogen-bond donors (Lipinski definition) is 2. The van der Waals surface area contributed by atoms with E-state index in [9.17, 15) is 32.3 Å². The monoisotopic (exact) mass is 384 g/mol. The van der Waals surface area contributed by atoms with Crippen molar-refractivity contribution in [1.82, 2.24) is 0 Å². The molecule has 0 heterocycles. The maximum Gasteiger partial charge on any atom is 0.263 e. The molecule has 0 radical (unpaired) electrons. The summed E-state index contributed by atoms with van der Waals surface area (Å²) in [6.45, 7) is 0. The van der Waals surface area contributed by atoms with Crippen molar-refractivity contribution >= 4 is 11.6 Å². The SMILES string of the molecule is CO.O=C1c2ccccc2C(=O)C1C(O)c1cc(C(F)F)cc(C(F)F)c1. The fourth-order valence-corrected chi connectivity index (χ4v) is 2.97. The highest BCUT2D eigenvalue weighted by Crippen LogP contribution is 2.37. The van der Waals surface area contributed by atoms with E-state index in [1.165, 1.54) is 12.1 Å². The summed E-state index contributed by atoms with van der Waals surface area (Å²) >= 11 is 0. The lowest BCUT2D eigenvalue weighted by Gasteiger charge is -2.18. The zero-order chi connectivity index (χ0) is 20.3. The van der Waals surface area contributed by atoms with Gasteiger partial charge in [0.05, 0.1) is 6.10 Å². The molecule has 27 heavy (non-hydrogen) atoms. The first-order valence-corrected chi connectivity index (χ1v) is 7.82. The first kappa shape index (κ1) is 20.7. The molecule has 0 amide bonds. The van der Waals surface area contributed by atoms with Gasteiger partial charge in [-0.05, 0) is 23.8 Å². The molecule has 0 bridgehead atoms. The van der Waals surface area contributed by atoms with Crippen molar-refractivity contribution in [1.29, 1.82) is 0 Å². The van der Waals surface area contributed by atoms with Gasteiger partial charge < -0.3 is 10.2 Å². The fraction of sp³-hybridized carbons (Fsp3) is 0.263. The van der Waals surface area contributed by atoms with Crippen molar-refractivity contribution in [2.75, 3.05) is 7.11 Å². The summed E-state index contributed by atoms with van der Waals surface area (Å²) in [4.78, 5) is 24.8. The van der Waals surface area contributed by atoms with E-state index in [1.54, 1.807) is 12.1 Å². The fourth-order valence-electron chi connectivity index (χ4n) is 2.97. The van der Waals surface area contributed by atoms with Crippen LogP contribution in [0.3, 0.4) is 0 Å². The van der Waals surface area contributed by atoms with Crippen LogP contribution in [0.5, 0.6) is 0 Å². The second kappa shape index (κ2) is 8.41. The number of Topliss-reactive ketones (excluding diaryl/α,β-unsaturated/α-hetero) is 2. The summed E-state index contributed by atoms with van der Waals surface area (Å²) < 4.78 is 51.8. The van der Waals surface area contributed by atoms with Crippen molar-refractivity contribution < 1.29 is 37.4 Å². The van der Waals surface area contributed by atoms with Crippen molar-refractivity contribution in [2.45, 2.75) is 19.0 Å². The van der Waals surface area contributed by atoms with Crippen LogP contribution < -0.4 is 0 Å². The van der Waals surface area contributed by atoms with Gasteiger partial charge in [-0.2, -0.15) is 0 Å².